The summed E-state index contributed by atoms with van der Waals surface area (Å²) in [6.45, 7) is 2.00. The molecule has 0 heterocycles. The van der Waals surface area contributed by atoms with Crippen molar-refractivity contribution in [1.29, 1.82) is 0 Å². The first kappa shape index (κ1) is 9.45. The Kier molecular flexibility index (Phi) is 3.20. The van der Waals surface area contributed by atoms with Gasteiger partial charge in [0.2, 0.25) is 0 Å². The number of aliphatic imine (C=N–C) groups is 1. The van der Waals surface area contributed by atoms with Gasteiger partial charge in [-0.25, -0.2) is 4.79 Å². The summed E-state index contributed by atoms with van der Waals surface area (Å²) in [5.41, 5.74) is 2.06. The number of nitrogens with zero attached hydrogens (tertiary/aromatic N) is 1. The summed E-state index contributed by atoms with van der Waals surface area (Å²) in [5, 5.41) is 0. The van der Waals surface area contributed by atoms with E-state index < -0.39 is 6.09 Å². The van der Waals surface area contributed by atoms with Gasteiger partial charge in [-0.3, -0.25) is 0 Å². The van der Waals surface area contributed by atoms with Gasteiger partial charge in [-0.2, -0.15) is 4.99 Å². The zero-order chi connectivity index (χ0) is 9.68. The standard InChI is InChI=1S/C10H11NO2/c1-8-3-5-9(6-4-8)7-11-10(12)13-2/h3-7H,1-2H3. The van der Waals surface area contributed by atoms with Crippen LogP contribution >= 0.6 is 0 Å². The van der Waals surface area contributed by atoms with E-state index in [0.717, 1.165) is 5.56 Å². The minimum absolute atomic E-state index is 0.583. The van der Waals surface area contributed by atoms with Crippen LogP contribution in [-0.2, 0) is 4.74 Å². The number of carbonyl (C=O) groups excluding carboxylic acids is 1. The first-order chi connectivity index (χ1) is 6.22. The molecule has 0 bridgehead atoms. The Bertz CT molecular complexity index is 314. The molecule has 0 atom stereocenters. The molecule has 1 rings (SSSR count). The van der Waals surface area contributed by atoms with Crippen LogP contribution in [0.5, 0.6) is 0 Å². The minimum atomic E-state index is -0.583. The van der Waals surface area contributed by atoms with E-state index in [1.165, 1.54) is 18.9 Å². The maximum absolute atomic E-state index is 10.6. The lowest BCUT2D eigenvalue weighted by atomic mass is 10.2. The van der Waals surface area contributed by atoms with Crippen molar-refractivity contribution in [2.75, 3.05) is 7.11 Å². The minimum Gasteiger partial charge on any atom is -0.451 e. The number of ether oxygens (including phenoxy) is 1. The molecule has 0 aliphatic carbocycles. The molecule has 0 saturated heterocycles. The number of amides is 1. The maximum Gasteiger partial charge on any atom is 0.433 e. The van der Waals surface area contributed by atoms with Crippen LogP contribution in [0.2, 0.25) is 0 Å². The van der Waals surface area contributed by atoms with Gasteiger partial charge in [-0.15, -0.1) is 0 Å². The molecule has 0 radical (unpaired) electrons. The molecule has 0 aliphatic heterocycles. The summed E-state index contributed by atoms with van der Waals surface area (Å²) >= 11 is 0. The Balaban J connectivity index is 2.69. The topological polar surface area (TPSA) is 38.7 Å². The van der Waals surface area contributed by atoms with E-state index in [1.54, 1.807) is 0 Å². The van der Waals surface area contributed by atoms with Crippen LogP contribution in [0.15, 0.2) is 29.3 Å². The first-order valence-electron chi connectivity index (χ1n) is 3.91. The van der Waals surface area contributed by atoms with Crippen LogP contribution in [0.25, 0.3) is 0 Å². The molecule has 0 aromatic heterocycles. The summed E-state index contributed by atoms with van der Waals surface area (Å²) in [5.74, 6) is 0. The van der Waals surface area contributed by atoms with Crippen LogP contribution < -0.4 is 0 Å². The lowest BCUT2D eigenvalue weighted by Crippen LogP contribution is -1.93. The Labute approximate surface area is 77.1 Å². The van der Waals surface area contributed by atoms with Crippen LogP contribution in [0.3, 0.4) is 0 Å². The fourth-order valence-corrected chi connectivity index (χ4v) is 0.832. The molecule has 0 spiro atoms. The van der Waals surface area contributed by atoms with Crippen LogP contribution in [0, 0.1) is 6.92 Å². The van der Waals surface area contributed by atoms with Crippen molar-refractivity contribution in [3.05, 3.63) is 35.4 Å². The number of carbonyl (C=O) groups is 1. The van der Waals surface area contributed by atoms with Crippen molar-refractivity contribution >= 4 is 12.3 Å². The Morgan fingerprint density at radius 3 is 2.54 bits per heavy atom. The Morgan fingerprint density at radius 2 is 2.00 bits per heavy atom. The van der Waals surface area contributed by atoms with Crippen LogP contribution in [0.4, 0.5) is 4.79 Å². The van der Waals surface area contributed by atoms with E-state index >= 15 is 0 Å². The number of hydrogen-bond donors (Lipinski definition) is 0. The molecular formula is C10H11NO2. The predicted octanol–water partition coefficient (Wildman–Crippen LogP) is 2.18. The van der Waals surface area contributed by atoms with E-state index in [0.29, 0.717) is 0 Å². The highest BCUT2D eigenvalue weighted by Crippen LogP contribution is 2.00. The van der Waals surface area contributed by atoms with Crippen molar-refractivity contribution < 1.29 is 9.53 Å². The maximum atomic E-state index is 10.6. The van der Waals surface area contributed by atoms with Crippen molar-refractivity contribution in [2.24, 2.45) is 4.99 Å². The van der Waals surface area contributed by atoms with Crippen LogP contribution in [-0.4, -0.2) is 19.4 Å². The normalized spacial score (nSPS) is 10.3. The van der Waals surface area contributed by atoms with E-state index in [2.05, 4.69) is 9.73 Å². The number of hydrogen-bond acceptors (Lipinski definition) is 2. The lowest BCUT2D eigenvalue weighted by Gasteiger charge is -1.93. The molecule has 3 nitrogen and oxygen atoms in total. The third-order valence-electron chi connectivity index (χ3n) is 1.57. The summed E-state index contributed by atoms with van der Waals surface area (Å²) in [6, 6.07) is 7.70. The number of rotatable bonds is 1. The first-order valence-corrected chi connectivity index (χ1v) is 3.91. The van der Waals surface area contributed by atoms with Gasteiger partial charge in [0.05, 0.1) is 7.11 Å². The third kappa shape index (κ3) is 3.07. The highest BCUT2D eigenvalue weighted by Gasteiger charge is 1.92. The molecule has 0 aliphatic rings. The van der Waals surface area contributed by atoms with Crippen molar-refractivity contribution in [3.8, 4) is 0 Å². The van der Waals surface area contributed by atoms with Gasteiger partial charge < -0.3 is 4.74 Å². The van der Waals surface area contributed by atoms with E-state index in [9.17, 15) is 4.79 Å². The molecule has 1 amide bonds. The molecule has 0 fully saturated rings. The van der Waals surface area contributed by atoms with Gasteiger partial charge in [-0.05, 0) is 12.5 Å². The SMILES string of the molecule is COC(=O)N=Cc1ccc(C)cc1. The number of benzene rings is 1. The molecule has 0 N–H and O–H groups in total. The zero-order valence-corrected chi connectivity index (χ0v) is 7.65. The van der Waals surface area contributed by atoms with E-state index in [1.807, 2.05) is 31.2 Å². The molecule has 13 heavy (non-hydrogen) atoms. The molecule has 0 saturated carbocycles. The summed E-state index contributed by atoms with van der Waals surface area (Å²) in [7, 11) is 1.30. The molecule has 0 unspecified atom stereocenters. The van der Waals surface area contributed by atoms with Gasteiger partial charge in [0.25, 0.3) is 0 Å². The highest BCUT2D eigenvalue weighted by molar-refractivity contribution is 5.88. The second-order valence-corrected chi connectivity index (χ2v) is 2.64. The fraction of sp³-hybridized carbons (Fsp3) is 0.200. The third-order valence-corrected chi connectivity index (χ3v) is 1.57. The average Bonchev–Trinajstić information content (AvgIpc) is 2.16. The Hall–Kier alpha value is -1.64. The van der Waals surface area contributed by atoms with Gasteiger partial charge in [0.1, 0.15) is 0 Å². The highest BCUT2D eigenvalue weighted by atomic mass is 16.5. The summed E-state index contributed by atoms with van der Waals surface area (Å²) in [6.07, 6.45) is 0.895. The van der Waals surface area contributed by atoms with Gasteiger partial charge >= 0.3 is 6.09 Å². The molecule has 1 aromatic carbocycles. The lowest BCUT2D eigenvalue weighted by molar-refractivity contribution is 0.183. The molecular weight excluding hydrogens is 166 g/mol. The predicted molar refractivity (Wildman–Crippen MR) is 51.2 cm³/mol. The zero-order valence-electron chi connectivity index (χ0n) is 7.65. The molecule has 3 heteroatoms. The van der Waals surface area contributed by atoms with Crippen molar-refractivity contribution in [2.45, 2.75) is 6.92 Å². The van der Waals surface area contributed by atoms with Crippen LogP contribution in [0.1, 0.15) is 11.1 Å². The molecule has 1 aromatic rings. The van der Waals surface area contributed by atoms with Crippen molar-refractivity contribution in [1.82, 2.24) is 0 Å². The van der Waals surface area contributed by atoms with Gasteiger partial charge in [0, 0.05) is 6.21 Å². The number of methoxy groups -OCH3 is 1. The van der Waals surface area contributed by atoms with Crippen molar-refractivity contribution in [3.63, 3.8) is 0 Å². The molecule has 68 valence electrons. The quantitative estimate of drug-likeness (QED) is 0.616. The average molecular weight is 177 g/mol. The summed E-state index contributed by atoms with van der Waals surface area (Å²) in [4.78, 5) is 14.2. The van der Waals surface area contributed by atoms with E-state index in [-0.39, 0.29) is 0 Å². The smallest absolute Gasteiger partial charge is 0.433 e. The second kappa shape index (κ2) is 4.40. The fourth-order valence-electron chi connectivity index (χ4n) is 0.832. The Morgan fingerprint density at radius 1 is 1.38 bits per heavy atom. The van der Waals surface area contributed by atoms with Gasteiger partial charge in [-0.1, -0.05) is 29.8 Å². The number of aryl methyl sites for hydroxylation is 1. The summed E-state index contributed by atoms with van der Waals surface area (Å²) < 4.78 is 4.36. The monoisotopic (exact) mass is 177 g/mol. The van der Waals surface area contributed by atoms with E-state index in [4.69, 9.17) is 0 Å². The largest absolute Gasteiger partial charge is 0.451 e. The second-order valence-electron chi connectivity index (χ2n) is 2.64. The van der Waals surface area contributed by atoms with Gasteiger partial charge in [0.15, 0.2) is 0 Å².